The van der Waals surface area contributed by atoms with Gasteiger partial charge in [-0.1, -0.05) is 37.3 Å². The smallest absolute Gasteiger partial charge is 0.0474 e. The first kappa shape index (κ1) is 16.2. The maximum Gasteiger partial charge on any atom is 0.0474 e. The number of nitrogens with zero attached hydrogens (tertiary/aromatic N) is 1. The summed E-state index contributed by atoms with van der Waals surface area (Å²) in [7, 11) is 5.97. The average molecular weight is 264 g/mol. The van der Waals surface area contributed by atoms with Crippen LogP contribution in [-0.4, -0.2) is 52.3 Å². The summed E-state index contributed by atoms with van der Waals surface area (Å²) < 4.78 is 5.12. The van der Waals surface area contributed by atoms with Gasteiger partial charge in [0.25, 0.3) is 0 Å². The molecule has 0 fully saturated rings. The largest absolute Gasteiger partial charge is 0.385 e. The van der Waals surface area contributed by atoms with E-state index >= 15 is 0 Å². The molecular formula is C16H28N2O. The highest BCUT2D eigenvalue weighted by Gasteiger charge is 2.27. The SMILES string of the molecule is CNCC(C)(CN(C)CCCOC)c1ccccc1. The number of hydrogen-bond donors (Lipinski definition) is 1. The summed E-state index contributed by atoms with van der Waals surface area (Å²) in [6, 6.07) is 10.8. The van der Waals surface area contributed by atoms with Gasteiger partial charge in [-0.25, -0.2) is 0 Å². The van der Waals surface area contributed by atoms with Crippen molar-refractivity contribution in [2.45, 2.75) is 18.8 Å². The highest BCUT2D eigenvalue weighted by Crippen LogP contribution is 2.24. The minimum absolute atomic E-state index is 0.137. The van der Waals surface area contributed by atoms with E-state index in [-0.39, 0.29) is 5.41 Å². The van der Waals surface area contributed by atoms with Crippen molar-refractivity contribution in [2.24, 2.45) is 0 Å². The van der Waals surface area contributed by atoms with Crippen LogP contribution in [0.3, 0.4) is 0 Å². The lowest BCUT2D eigenvalue weighted by Crippen LogP contribution is -2.43. The fraction of sp³-hybridized carbons (Fsp3) is 0.625. The Morgan fingerprint density at radius 2 is 1.95 bits per heavy atom. The van der Waals surface area contributed by atoms with E-state index in [9.17, 15) is 0 Å². The third-order valence-electron chi connectivity index (χ3n) is 3.54. The van der Waals surface area contributed by atoms with Gasteiger partial charge in [0.1, 0.15) is 0 Å². The lowest BCUT2D eigenvalue weighted by atomic mass is 9.82. The Morgan fingerprint density at radius 1 is 1.26 bits per heavy atom. The average Bonchev–Trinajstić information content (AvgIpc) is 2.40. The van der Waals surface area contributed by atoms with Crippen LogP contribution in [0.2, 0.25) is 0 Å². The van der Waals surface area contributed by atoms with Crippen molar-refractivity contribution >= 4 is 0 Å². The van der Waals surface area contributed by atoms with Crippen LogP contribution in [0.25, 0.3) is 0 Å². The highest BCUT2D eigenvalue weighted by atomic mass is 16.5. The number of hydrogen-bond acceptors (Lipinski definition) is 3. The second kappa shape index (κ2) is 8.31. The van der Waals surface area contributed by atoms with Crippen molar-refractivity contribution in [1.82, 2.24) is 10.2 Å². The van der Waals surface area contributed by atoms with Gasteiger partial charge in [0, 0.05) is 38.8 Å². The van der Waals surface area contributed by atoms with Crippen LogP contribution in [0.4, 0.5) is 0 Å². The molecule has 1 rings (SSSR count). The highest BCUT2D eigenvalue weighted by molar-refractivity contribution is 5.25. The second-order valence-electron chi connectivity index (χ2n) is 5.54. The normalized spacial score (nSPS) is 14.6. The van der Waals surface area contributed by atoms with Crippen LogP contribution in [0.5, 0.6) is 0 Å². The zero-order chi connectivity index (χ0) is 14.1. The predicted octanol–water partition coefficient (Wildman–Crippen LogP) is 2.13. The summed E-state index contributed by atoms with van der Waals surface area (Å²) in [4.78, 5) is 2.39. The van der Waals surface area contributed by atoms with Crippen LogP contribution in [-0.2, 0) is 10.2 Å². The van der Waals surface area contributed by atoms with Crippen molar-refractivity contribution in [3.63, 3.8) is 0 Å². The summed E-state index contributed by atoms with van der Waals surface area (Å²) >= 11 is 0. The monoisotopic (exact) mass is 264 g/mol. The Labute approximate surface area is 118 Å². The molecule has 3 nitrogen and oxygen atoms in total. The topological polar surface area (TPSA) is 24.5 Å². The Bertz CT molecular complexity index is 342. The van der Waals surface area contributed by atoms with Crippen LogP contribution >= 0.6 is 0 Å². The van der Waals surface area contributed by atoms with Gasteiger partial charge in [-0.15, -0.1) is 0 Å². The summed E-state index contributed by atoms with van der Waals surface area (Å²) in [5, 5.41) is 3.33. The third kappa shape index (κ3) is 5.31. The van der Waals surface area contributed by atoms with Gasteiger partial charge in [0.15, 0.2) is 0 Å². The molecule has 1 unspecified atom stereocenters. The Hall–Kier alpha value is -0.900. The number of likely N-dealkylation sites (N-methyl/N-ethyl adjacent to an activating group) is 2. The summed E-state index contributed by atoms with van der Waals surface area (Å²) in [6.07, 6.45) is 1.08. The van der Waals surface area contributed by atoms with Crippen molar-refractivity contribution < 1.29 is 4.74 Å². The molecule has 108 valence electrons. The molecule has 1 aromatic rings. The first-order chi connectivity index (χ1) is 9.12. The summed E-state index contributed by atoms with van der Waals surface area (Å²) in [5.41, 5.74) is 1.53. The van der Waals surface area contributed by atoms with Crippen LogP contribution < -0.4 is 5.32 Å². The first-order valence-corrected chi connectivity index (χ1v) is 7.00. The quantitative estimate of drug-likeness (QED) is 0.692. The fourth-order valence-corrected chi connectivity index (χ4v) is 2.63. The van der Waals surface area contributed by atoms with Gasteiger partial charge >= 0.3 is 0 Å². The molecular weight excluding hydrogens is 236 g/mol. The lowest BCUT2D eigenvalue weighted by molar-refractivity contribution is 0.171. The van der Waals surface area contributed by atoms with E-state index in [4.69, 9.17) is 4.74 Å². The lowest BCUT2D eigenvalue weighted by Gasteiger charge is -2.34. The van der Waals surface area contributed by atoms with E-state index in [1.54, 1.807) is 7.11 Å². The predicted molar refractivity (Wildman–Crippen MR) is 81.7 cm³/mol. The van der Waals surface area contributed by atoms with E-state index in [0.29, 0.717) is 0 Å². The maximum absolute atomic E-state index is 5.12. The molecule has 0 saturated heterocycles. The van der Waals surface area contributed by atoms with Gasteiger partial charge < -0.3 is 15.0 Å². The third-order valence-corrected chi connectivity index (χ3v) is 3.54. The molecule has 19 heavy (non-hydrogen) atoms. The van der Waals surface area contributed by atoms with E-state index < -0.39 is 0 Å². The minimum atomic E-state index is 0.137. The van der Waals surface area contributed by atoms with Crippen molar-refractivity contribution in [3.05, 3.63) is 35.9 Å². The molecule has 0 aromatic heterocycles. The van der Waals surface area contributed by atoms with Gasteiger partial charge in [-0.3, -0.25) is 0 Å². The van der Waals surface area contributed by atoms with Crippen molar-refractivity contribution in [3.8, 4) is 0 Å². The zero-order valence-electron chi connectivity index (χ0n) is 12.8. The molecule has 1 aromatic carbocycles. The number of rotatable bonds is 9. The van der Waals surface area contributed by atoms with Crippen LogP contribution in [0.1, 0.15) is 18.9 Å². The van der Waals surface area contributed by atoms with E-state index in [2.05, 4.69) is 54.5 Å². The Balaban J connectivity index is 2.66. The summed E-state index contributed by atoms with van der Waals surface area (Å²) in [6.45, 7) is 6.25. The molecule has 3 heteroatoms. The first-order valence-electron chi connectivity index (χ1n) is 7.00. The van der Waals surface area contributed by atoms with E-state index in [1.807, 2.05) is 7.05 Å². The van der Waals surface area contributed by atoms with E-state index in [1.165, 1.54) is 5.56 Å². The zero-order valence-corrected chi connectivity index (χ0v) is 12.8. The number of nitrogens with one attached hydrogen (secondary N) is 1. The Morgan fingerprint density at radius 3 is 2.53 bits per heavy atom. The van der Waals surface area contributed by atoms with Gasteiger partial charge in [-0.2, -0.15) is 0 Å². The number of benzene rings is 1. The van der Waals surface area contributed by atoms with Crippen LogP contribution in [0, 0.1) is 0 Å². The van der Waals surface area contributed by atoms with Gasteiger partial charge in [-0.05, 0) is 26.1 Å². The molecule has 1 N–H and O–H groups in total. The van der Waals surface area contributed by atoms with Crippen molar-refractivity contribution in [1.29, 1.82) is 0 Å². The fourth-order valence-electron chi connectivity index (χ4n) is 2.63. The van der Waals surface area contributed by atoms with E-state index in [0.717, 1.165) is 32.7 Å². The molecule has 0 aliphatic heterocycles. The molecule has 0 radical (unpaired) electrons. The van der Waals surface area contributed by atoms with Crippen LogP contribution in [0.15, 0.2) is 30.3 Å². The maximum atomic E-state index is 5.12. The standard InChI is InChI=1S/C16H28N2O/c1-16(13-17-2,15-9-6-5-7-10-15)14-18(3)11-8-12-19-4/h5-7,9-10,17H,8,11-14H2,1-4H3. The second-order valence-corrected chi connectivity index (χ2v) is 5.54. The number of ether oxygens (including phenoxy) is 1. The molecule has 0 aliphatic rings. The number of methoxy groups -OCH3 is 1. The molecule has 1 atom stereocenters. The molecule has 0 heterocycles. The summed E-state index contributed by atoms with van der Waals surface area (Å²) in [5.74, 6) is 0. The molecule has 0 spiro atoms. The molecule has 0 bridgehead atoms. The minimum Gasteiger partial charge on any atom is -0.385 e. The van der Waals surface area contributed by atoms with Crippen molar-refractivity contribution in [2.75, 3.05) is 47.4 Å². The Kier molecular flexibility index (Phi) is 7.06. The molecule has 0 amide bonds. The molecule has 0 saturated carbocycles. The molecule has 0 aliphatic carbocycles. The van der Waals surface area contributed by atoms with Gasteiger partial charge in [0.05, 0.1) is 0 Å². The van der Waals surface area contributed by atoms with Gasteiger partial charge in [0.2, 0.25) is 0 Å².